The zero-order valence-corrected chi connectivity index (χ0v) is 14.4. The standard InChI is InChI=1S/C17H18N6OS/c24-15(19-14-9-3-5-12-6-4-10-18-16(12)14)11-25-17-20-21-22-23(17)13-7-1-2-8-13/h3-6,9-10,13H,1-2,7-8,11H2,(H,19,24). The molecule has 1 N–H and O–H groups in total. The van der Waals surface area contributed by atoms with E-state index in [-0.39, 0.29) is 11.7 Å². The van der Waals surface area contributed by atoms with Gasteiger partial charge in [0.1, 0.15) is 0 Å². The maximum Gasteiger partial charge on any atom is 0.234 e. The van der Waals surface area contributed by atoms with Gasteiger partial charge in [-0.1, -0.05) is 42.8 Å². The Balaban J connectivity index is 1.42. The number of nitrogens with zero attached hydrogens (tertiary/aromatic N) is 5. The largest absolute Gasteiger partial charge is 0.323 e. The van der Waals surface area contributed by atoms with Crippen LogP contribution in [0.1, 0.15) is 31.7 Å². The third kappa shape index (κ3) is 3.48. The van der Waals surface area contributed by atoms with Crippen LogP contribution in [-0.4, -0.2) is 36.9 Å². The van der Waals surface area contributed by atoms with E-state index in [4.69, 9.17) is 0 Å². The average Bonchev–Trinajstić information content (AvgIpc) is 3.31. The van der Waals surface area contributed by atoms with Crippen LogP contribution in [0.5, 0.6) is 0 Å². The second-order valence-corrected chi connectivity index (χ2v) is 7.00. The summed E-state index contributed by atoms with van der Waals surface area (Å²) in [6.07, 6.45) is 6.35. The Morgan fingerprint density at radius 1 is 1.24 bits per heavy atom. The summed E-state index contributed by atoms with van der Waals surface area (Å²) in [6, 6.07) is 9.97. The molecule has 0 unspecified atom stereocenters. The SMILES string of the molecule is O=C(CSc1nnnn1C1CCCC1)Nc1cccc2cccnc12. The predicted octanol–water partition coefficient (Wildman–Crippen LogP) is 3.07. The first-order chi connectivity index (χ1) is 12.3. The molecule has 25 heavy (non-hydrogen) atoms. The van der Waals surface area contributed by atoms with Gasteiger partial charge in [0.15, 0.2) is 0 Å². The normalized spacial score (nSPS) is 14.9. The number of tetrazole rings is 1. The molecule has 0 saturated heterocycles. The van der Waals surface area contributed by atoms with Gasteiger partial charge in [0, 0.05) is 11.6 Å². The highest BCUT2D eigenvalue weighted by Gasteiger charge is 2.22. The van der Waals surface area contributed by atoms with Crippen LogP contribution in [-0.2, 0) is 4.79 Å². The number of carbonyl (C=O) groups is 1. The number of thioether (sulfide) groups is 1. The summed E-state index contributed by atoms with van der Waals surface area (Å²) in [5.41, 5.74) is 1.51. The number of anilines is 1. The third-order valence-electron chi connectivity index (χ3n) is 4.37. The van der Waals surface area contributed by atoms with E-state index in [1.807, 2.05) is 35.0 Å². The van der Waals surface area contributed by atoms with Crippen molar-refractivity contribution in [3.8, 4) is 0 Å². The number of benzene rings is 1. The van der Waals surface area contributed by atoms with Crippen molar-refractivity contribution in [1.29, 1.82) is 0 Å². The molecule has 0 atom stereocenters. The molecule has 2 aromatic heterocycles. The topological polar surface area (TPSA) is 85.6 Å². The minimum absolute atomic E-state index is 0.0934. The van der Waals surface area contributed by atoms with Crippen molar-refractivity contribution in [2.45, 2.75) is 36.9 Å². The van der Waals surface area contributed by atoms with Gasteiger partial charge in [0.2, 0.25) is 11.1 Å². The fraction of sp³-hybridized carbons (Fsp3) is 0.353. The molecule has 1 aromatic carbocycles. The van der Waals surface area contributed by atoms with Crippen LogP contribution in [0.4, 0.5) is 5.69 Å². The van der Waals surface area contributed by atoms with Gasteiger partial charge in [-0.15, -0.1) is 5.10 Å². The van der Waals surface area contributed by atoms with Gasteiger partial charge in [-0.3, -0.25) is 9.78 Å². The van der Waals surface area contributed by atoms with Gasteiger partial charge in [-0.2, -0.15) is 0 Å². The Kier molecular flexibility index (Phi) is 4.60. The molecule has 1 amide bonds. The molecule has 3 aromatic rings. The molecule has 0 spiro atoms. The molecular formula is C17H18N6OS. The van der Waals surface area contributed by atoms with E-state index in [9.17, 15) is 4.79 Å². The summed E-state index contributed by atoms with van der Waals surface area (Å²) in [5.74, 6) is 0.167. The van der Waals surface area contributed by atoms with Crippen LogP contribution in [0.15, 0.2) is 41.7 Å². The van der Waals surface area contributed by atoms with Crippen LogP contribution >= 0.6 is 11.8 Å². The number of fused-ring (bicyclic) bond motifs is 1. The Hall–Kier alpha value is -2.48. The first-order valence-corrected chi connectivity index (χ1v) is 9.34. The molecule has 7 nitrogen and oxygen atoms in total. The van der Waals surface area contributed by atoms with Gasteiger partial charge >= 0.3 is 0 Å². The molecule has 1 fully saturated rings. The van der Waals surface area contributed by atoms with Crippen molar-refractivity contribution in [3.63, 3.8) is 0 Å². The van der Waals surface area contributed by atoms with E-state index in [0.717, 1.165) is 29.4 Å². The molecule has 128 valence electrons. The fourth-order valence-corrected chi connectivity index (χ4v) is 3.92. The fourth-order valence-electron chi connectivity index (χ4n) is 3.18. The van der Waals surface area contributed by atoms with E-state index >= 15 is 0 Å². The third-order valence-corrected chi connectivity index (χ3v) is 5.31. The molecule has 1 aliphatic rings. The number of aromatic nitrogens is 5. The van der Waals surface area contributed by atoms with Crippen LogP contribution < -0.4 is 5.32 Å². The average molecular weight is 354 g/mol. The zero-order valence-electron chi connectivity index (χ0n) is 13.6. The van der Waals surface area contributed by atoms with Crippen LogP contribution in [0.25, 0.3) is 10.9 Å². The van der Waals surface area contributed by atoms with Crippen LogP contribution in [0, 0.1) is 0 Å². The number of amides is 1. The van der Waals surface area contributed by atoms with E-state index in [2.05, 4.69) is 25.8 Å². The number of pyridine rings is 1. The van der Waals surface area contributed by atoms with E-state index < -0.39 is 0 Å². The Morgan fingerprint density at radius 2 is 2.08 bits per heavy atom. The van der Waals surface area contributed by atoms with Crippen molar-refractivity contribution in [2.24, 2.45) is 0 Å². The molecule has 0 aliphatic heterocycles. The van der Waals surface area contributed by atoms with Gasteiger partial charge in [0.25, 0.3) is 0 Å². The lowest BCUT2D eigenvalue weighted by atomic mass is 10.2. The van der Waals surface area contributed by atoms with E-state index in [1.54, 1.807) is 6.20 Å². The molecule has 0 bridgehead atoms. The quantitative estimate of drug-likeness (QED) is 0.709. The molecule has 4 rings (SSSR count). The Morgan fingerprint density at radius 3 is 2.96 bits per heavy atom. The number of nitrogens with one attached hydrogen (secondary N) is 1. The lowest BCUT2D eigenvalue weighted by Gasteiger charge is -2.11. The molecule has 8 heteroatoms. The maximum absolute atomic E-state index is 12.3. The summed E-state index contributed by atoms with van der Waals surface area (Å²) in [7, 11) is 0. The van der Waals surface area contributed by atoms with Crippen molar-refractivity contribution in [1.82, 2.24) is 25.2 Å². The second-order valence-electron chi connectivity index (χ2n) is 6.06. The molecule has 0 radical (unpaired) electrons. The number of hydrogen-bond acceptors (Lipinski definition) is 6. The minimum atomic E-state index is -0.0934. The van der Waals surface area contributed by atoms with Gasteiger partial charge in [-0.25, -0.2) is 4.68 Å². The Labute approximate surface area is 149 Å². The van der Waals surface area contributed by atoms with Crippen LogP contribution in [0.2, 0.25) is 0 Å². The maximum atomic E-state index is 12.3. The first-order valence-electron chi connectivity index (χ1n) is 8.35. The smallest absolute Gasteiger partial charge is 0.234 e. The van der Waals surface area contributed by atoms with Gasteiger partial charge < -0.3 is 5.32 Å². The molecular weight excluding hydrogens is 336 g/mol. The molecule has 1 saturated carbocycles. The number of rotatable bonds is 5. The molecule has 1 aliphatic carbocycles. The van der Waals surface area contributed by atoms with Crippen molar-refractivity contribution in [3.05, 3.63) is 36.5 Å². The second kappa shape index (κ2) is 7.18. The summed E-state index contributed by atoms with van der Waals surface area (Å²) < 4.78 is 1.87. The Bertz CT molecular complexity index is 884. The summed E-state index contributed by atoms with van der Waals surface area (Å²) in [4.78, 5) is 16.7. The summed E-state index contributed by atoms with van der Waals surface area (Å²) in [5, 5.41) is 16.6. The minimum Gasteiger partial charge on any atom is -0.323 e. The highest BCUT2D eigenvalue weighted by atomic mass is 32.2. The van der Waals surface area contributed by atoms with Crippen molar-refractivity contribution >= 4 is 34.3 Å². The lowest BCUT2D eigenvalue weighted by Crippen LogP contribution is -2.16. The first kappa shape index (κ1) is 16.0. The van der Waals surface area contributed by atoms with Crippen LogP contribution in [0.3, 0.4) is 0 Å². The summed E-state index contributed by atoms with van der Waals surface area (Å²) >= 11 is 1.37. The van der Waals surface area contributed by atoms with Crippen molar-refractivity contribution in [2.75, 3.05) is 11.1 Å². The monoisotopic (exact) mass is 354 g/mol. The number of carbonyl (C=O) groups excluding carboxylic acids is 1. The predicted molar refractivity (Wildman–Crippen MR) is 96.4 cm³/mol. The molecule has 2 heterocycles. The number of para-hydroxylation sites is 1. The highest BCUT2D eigenvalue weighted by molar-refractivity contribution is 7.99. The van der Waals surface area contributed by atoms with E-state index in [1.165, 1.54) is 24.6 Å². The highest BCUT2D eigenvalue weighted by Crippen LogP contribution is 2.31. The zero-order chi connectivity index (χ0) is 17.1. The van der Waals surface area contributed by atoms with E-state index in [0.29, 0.717) is 11.2 Å². The van der Waals surface area contributed by atoms with Gasteiger partial charge in [-0.05, 0) is 35.4 Å². The van der Waals surface area contributed by atoms with Crippen molar-refractivity contribution < 1.29 is 4.79 Å². The summed E-state index contributed by atoms with van der Waals surface area (Å²) in [6.45, 7) is 0. The number of hydrogen-bond donors (Lipinski definition) is 1. The van der Waals surface area contributed by atoms with Gasteiger partial charge in [0.05, 0.1) is 23.0 Å². The lowest BCUT2D eigenvalue weighted by molar-refractivity contribution is -0.113.